The number of hydrogen-bond acceptors (Lipinski definition) is 5. The zero-order valence-corrected chi connectivity index (χ0v) is 17.0. The highest BCUT2D eigenvalue weighted by Gasteiger charge is 2.24. The van der Waals surface area contributed by atoms with E-state index >= 15 is 0 Å². The predicted molar refractivity (Wildman–Crippen MR) is 104 cm³/mol. The molecule has 0 bridgehead atoms. The van der Waals surface area contributed by atoms with E-state index in [-0.39, 0.29) is 21.7 Å². The molecule has 2 aromatic carbocycles. The monoisotopic (exact) mass is 388 g/mol. The van der Waals surface area contributed by atoms with E-state index in [9.17, 15) is 18.0 Å². The van der Waals surface area contributed by atoms with Crippen molar-refractivity contribution in [3.63, 3.8) is 0 Å². The minimum atomic E-state index is -3.59. The minimum absolute atomic E-state index is 0.0327. The normalized spacial score (nSPS) is 13.1. The Morgan fingerprint density at radius 2 is 1.52 bits per heavy atom. The second-order valence-electron chi connectivity index (χ2n) is 7.51. The maximum atomic E-state index is 12.6. The number of carbonyl (C=O) groups excluding carboxylic acids is 2. The highest BCUT2D eigenvalue weighted by Crippen LogP contribution is 2.23. The largest absolute Gasteiger partial charge is 0.451 e. The molecule has 0 aliphatic carbocycles. The van der Waals surface area contributed by atoms with Gasteiger partial charge >= 0.3 is 5.97 Å². The summed E-state index contributed by atoms with van der Waals surface area (Å²) in [4.78, 5) is 24.8. The number of rotatable bonds is 5. The van der Waals surface area contributed by atoms with Crippen molar-refractivity contribution >= 4 is 21.6 Å². The van der Waals surface area contributed by atoms with E-state index in [1.165, 1.54) is 25.1 Å². The van der Waals surface area contributed by atoms with E-state index in [4.69, 9.17) is 4.74 Å². The van der Waals surface area contributed by atoms with Crippen LogP contribution in [0, 0.1) is 0 Å². The lowest BCUT2D eigenvalue weighted by molar-refractivity contribution is 0.0315. The van der Waals surface area contributed by atoms with E-state index in [0.717, 1.165) is 11.8 Å². The number of carbonyl (C=O) groups is 2. The third kappa shape index (κ3) is 5.04. The first kappa shape index (κ1) is 20.8. The van der Waals surface area contributed by atoms with Gasteiger partial charge in [0.25, 0.3) is 0 Å². The van der Waals surface area contributed by atoms with Gasteiger partial charge in [0, 0.05) is 11.8 Å². The van der Waals surface area contributed by atoms with Crippen molar-refractivity contribution in [3.8, 4) is 0 Å². The van der Waals surface area contributed by atoms with Crippen molar-refractivity contribution in [2.24, 2.45) is 0 Å². The molecule has 27 heavy (non-hydrogen) atoms. The molecule has 5 nitrogen and oxygen atoms in total. The maximum Gasteiger partial charge on any atom is 0.340 e. The lowest BCUT2D eigenvalue weighted by atomic mass is 9.86. The van der Waals surface area contributed by atoms with Crippen LogP contribution in [0.3, 0.4) is 0 Å². The fourth-order valence-corrected chi connectivity index (χ4v) is 3.48. The van der Waals surface area contributed by atoms with Crippen molar-refractivity contribution in [1.82, 2.24) is 0 Å². The van der Waals surface area contributed by atoms with Crippen LogP contribution in [0.4, 0.5) is 0 Å². The van der Waals surface area contributed by atoms with Crippen LogP contribution in [0.15, 0.2) is 53.4 Å². The van der Waals surface area contributed by atoms with Crippen LogP contribution >= 0.6 is 0 Å². The molecule has 0 radical (unpaired) electrons. The highest BCUT2D eigenvalue weighted by molar-refractivity contribution is 7.90. The van der Waals surface area contributed by atoms with Crippen LogP contribution in [-0.2, 0) is 20.0 Å². The molecule has 1 atom stereocenters. The smallest absolute Gasteiger partial charge is 0.340 e. The van der Waals surface area contributed by atoms with Gasteiger partial charge in [0.1, 0.15) is 0 Å². The van der Waals surface area contributed by atoms with Gasteiger partial charge in [-0.05, 0) is 30.0 Å². The van der Waals surface area contributed by atoms with E-state index < -0.39 is 21.9 Å². The second kappa shape index (κ2) is 7.64. The van der Waals surface area contributed by atoms with Crippen molar-refractivity contribution < 1.29 is 22.7 Å². The van der Waals surface area contributed by atoms with E-state index in [1.54, 1.807) is 18.2 Å². The molecule has 6 heteroatoms. The molecule has 0 aliphatic rings. The molecular formula is C21H24O5S. The number of ether oxygens (including phenoxy) is 1. The molecule has 0 fully saturated rings. The molecular weight excluding hydrogens is 364 g/mol. The van der Waals surface area contributed by atoms with Gasteiger partial charge in [-0.3, -0.25) is 4.79 Å². The summed E-state index contributed by atoms with van der Waals surface area (Å²) >= 11 is 0. The molecule has 0 aliphatic heterocycles. The van der Waals surface area contributed by atoms with Gasteiger partial charge in [-0.1, -0.05) is 57.2 Å². The number of esters is 1. The molecule has 144 valence electrons. The number of sulfone groups is 1. The van der Waals surface area contributed by atoms with Crippen LogP contribution in [0.5, 0.6) is 0 Å². The standard InChI is InChI=1S/C21H24O5S/c1-14(19(22)15-10-12-16(13-11-15)21(2,3)4)26-20(23)17-8-6-7-9-18(17)27(5,24)25/h6-14H,1-5H3/t14-/m1/s1. The van der Waals surface area contributed by atoms with Crippen LogP contribution in [0.25, 0.3) is 0 Å². The van der Waals surface area contributed by atoms with Crippen molar-refractivity contribution in [2.75, 3.05) is 6.26 Å². The summed E-state index contributed by atoms with van der Waals surface area (Å²) in [6.45, 7) is 7.70. The summed E-state index contributed by atoms with van der Waals surface area (Å²) in [5.41, 5.74) is 1.41. The zero-order valence-electron chi connectivity index (χ0n) is 16.1. The van der Waals surface area contributed by atoms with Crippen LogP contribution in [0.1, 0.15) is 54.0 Å². The Hall–Kier alpha value is -2.47. The van der Waals surface area contributed by atoms with E-state index in [1.807, 2.05) is 12.1 Å². The molecule has 0 aromatic heterocycles. The Bertz CT molecular complexity index is 951. The zero-order chi connectivity index (χ0) is 20.4. The van der Waals surface area contributed by atoms with Gasteiger partial charge in [0.2, 0.25) is 5.78 Å². The van der Waals surface area contributed by atoms with Gasteiger partial charge in [-0.15, -0.1) is 0 Å². The summed E-state index contributed by atoms with van der Waals surface area (Å²) in [5.74, 6) is -1.19. The number of Topliss-reactive ketones (excluding diaryl/α,β-unsaturated/α-hetero) is 1. The molecule has 0 N–H and O–H groups in total. The lowest BCUT2D eigenvalue weighted by Crippen LogP contribution is -2.25. The van der Waals surface area contributed by atoms with Crippen LogP contribution in [-0.4, -0.2) is 32.5 Å². The van der Waals surface area contributed by atoms with Gasteiger partial charge in [0.15, 0.2) is 15.9 Å². The van der Waals surface area contributed by atoms with Crippen molar-refractivity contribution in [3.05, 3.63) is 65.2 Å². The van der Waals surface area contributed by atoms with E-state index in [0.29, 0.717) is 5.56 Å². The van der Waals surface area contributed by atoms with Crippen molar-refractivity contribution in [2.45, 2.75) is 44.1 Å². The Morgan fingerprint density at radius 3 is 2.04 bits per heavy atom. The quantitative estimate of drug-likeness (QED) is 0.575. The molecule has 0 saturated carbocycles. The fraction of sp³-hybridized carbons (Fsp3) is 0.333. The summed E-state index contributed by atoms with van der Waals surface area (Å²) in [5, 5.41) is 0. The minimum Gasteiger partial charge on any atom is -0.451 e. The first-order valence-electron chi connectivity index (χ1n) is 8.56. The molecule has 2 aromatic rings. The second-order valence-corrected chi connectivity index (χ2v) is 9.49. The summed E-state index contributed by atoms with van der Waals surface area (Å²) in [6, 6.07) is 12.9. The number of hydrogen-bond donors (Lipinski definition) is 0. The Labute approximate surface area is 160 Å². The molecule has 2 rings (SSSR count). The van der Waals surface area contributed by atoms with Gasteiger partial charge < -0.3 is 4.74 Å². The molecule has 0 heterocycles. The number of ketones is 1. The Morgan fingerprint density at radius 1 is 0.963 bits per heavy atom. The first-order chi connectivity index (χ1) is 12.4. The van der Waals surface area contributed by atoms with Crippen LogP contribution in [0.2, 0.25) is 0 Å². The lowest BCUT2D eigenvalue weighted by Gasteiger charge is -2.19. The third-order valence-electron chi connectivity index (χ3n) is 4.19. The van der Waals surface area contributed by atoms with Crippen LogP contribution < -0.4 is 0 Å². The maximum absolute atomic E-state index is 12.6. The van der Waals surface area contributed by atoms with E-state index in [2.05, 4.69) is 20.8 Å². The fourth-order valence-electron chi connectivity index (χ4n) is 2.61. The average Bonchev–Trinajstić information content (AvgIpc) is 2.59. The molecule has 0 unspecified atom stereocenters. The molecule has 0 saturated heterocycles. The number of benzene rings is 2. The average molecular weight is 388 g/mol. The summed E-state index contributed by atoms with van der Waals surface area (Å²) < 4.78 is 28.9. The van der Waals surface area contributed by atoms with Gasteiger partial charge in [-0.25, -0.2) is 13.2 Å². The third-order valence-corrected chi connectivity index (χ3v) is 5.35. The molecule has 0 amide bonds. The van der Waals surface area contributed by atoms with Gasteiger partial charge in [0.05, 0.1) is 10.5 Å². The Balaban J connectivity index is 2.19. The Kier molecular flexibility index (Phi) is 5.90. The summed E-state index contributed by atoms with van der Waals surface area (Å²) in [6.07, 6.45) is -0.0182. The molecule has 0 spiro atoms. The highest BCUT2D eigenvalue weighted by atomic mass is 32.2. The topological polar surface area (TPSA) is 77.5 Å². The first-order valence-corrected chi connectivity index (χ1v) is 10.4. The predicted octanol–water partition coefficient (Wildman–Crippen LogP) is 3.82. The summed E-state index contributed by atoms with van der Waals surface area (Å²) in [7, 11) is -3.59. The van der Waals surface area contributed by atoms with Gasteiger partial charge in [-0.2, -0.15) is 0 Å². The SMILES string of the molecule is C[C@@H](OC(=O)c1ccccc1S(C)(=O)=O)C(=O)c1ccc(C(C)(C)C)cc1. The van der Waals surface area contributed by atoms with Crippen molar-refractivity contribution in [1.29, 1.82) is 0 Å².